The van der Waals surface area contributed by atoms with Gasteiger partial charge < -0.3 is 0 Å². The van der Waals surface area contributed by atoms with E-state index >= 15 is 0 Å². The van der Waals surface area contributed by atoms with E-state index in [1.807, 2.05) is 0 Å². The highest BCUT2D eigenvalue weighted by Gasteiger charge is 2.25. The molecule has 2 heteroatoms. The zero-order valence-electron chi connectivity index (χ0n) is 7.16. The molecule has 1 unspecified atom stereocenters. The molecule has 64 valence electrons. The minimum atomic E-state index is 0.755. The summed E-state index contributed by atoms with van der Waals surface area (Å²) in [7, 11) is 0. The maximum atomic E-state index is 2.27. The predicted octanol–water partition coefficient (Wildman–Crippen LogP) is 2.56. The second kappa shape index (κ2) is 3.75. The summed E-state index contributed by atoms with van der Waals surface area (Å²) in [6.07, 6.45) is 0. The molecule has 2 rings (SSSR count). The average Bonchev–Trinajstić information content (AvgIpc) is 2.58. The first-order chi connectivity index (χ1) is 5.86. The zero-order valence-corrected chi connectivity index (χ0v) is 8.87. The van der Waals surface area contributed by atoms with Crippen LogP contribution in [0.2, 0.25) is 0 Å². The molecule has 0 saturated carbocycles. The van der Waals surface area contributed by atoms with E-state index in [0.717, 1.165) is 4.58 Å². The molecule has 0 nitrogen and oxygen atoms in total. The SMILES string of the molecule is Cc1ccc(C2SCC[SH+]2)cc1. The molecule has 1 aromatic rings. The second-order valence-corrected chi connectivity index (χ2v) is 5.93. The van der Waals surface area contributed by atoms with E-state index in [0.29, 0.717) is 0 Å². The summed E-state index contributed by atoms with van der Waals surface area (Å²) >= 11 is 3.69. The minimum absolute atomic E-state index is 0.755. The summed E-state index contributed by atoms with van der Waals surface area (Å²) in [6, 6.07) is 8.96. The van der Waals surface area contributed by atoms with Gasteiger partial charge in [-0.25, -0.2) is 0 Å². The molecule has 0 radical (unpaired) electrons. The molecule has 1 aliphatic heterocycles. The van der Waals surface area contributed by atoms with Gasteiger partial charge in [-0.1, -0.05) is 41.6 Å². The van der Waals surface area contributed by atoms with Crippen LogP contribution in [0.4, 0.5) is 0 Å². The molecule has 1 aromatic carbocycles. The van der Waals surface area contributed by atoms with E-state index in [4.69, 9.17) is 0 Å². The van der Waals surface area contributed by atoms with Gasteiger partial charge in [-0.2, -0.15) is 0 Å². The molecule has 0 aliphatic carbocycles. The van der Waals surface area contributed by atoms with Crippen molar-refractivity contribution in [2.45, 2.75) is 11.5 Å². The lowest BCUT2D eigenvalue weighted by Gasteiger charge is -2.01. The lowest BCUT2D eigenvalue weighted by molar-refractivity contribution is 1.35. The molecule has 0 spiro atoms. The predicted molar refractivity (Wildman–Crippen MR) is 60.0 cm³/mol. The summed E-state index contributed by atoms with van der Waals surface area (Å²) in [5.41, 5.74) is 2.86. The Hall–Kier alpha value is -0.0800. The van der Waals surface area contributed by atoms with Crippen LogP contribution in [0.5, 0.6) is 0 Å². The normalized spacial score (nSPS) is 22.9. The first-order valence-electron chi connectivity index (χ1n) is 4.21. The molecular formula is C10H13S2+. The number of thiol groups is 1. The number of hydrogen-bond donors (Lipinski definition) is 0. The standard InChI is InChI=1S/C10H12S2/c1-8-2-4-9(5-3-8)10-11-6-7-12-10/h2-5,10H,6-7H2,1H3/p+1. The van der Waals surface area contributed by atoms with Crippen LogP contribution in [-0.4, -0.2) is 11.5 Å². The maximum Gasteiger partial charge on any atom is 0.186 e. The van der Waals surface area contributed by atoms with Gasteiger partial charge in [0.1, 0.15) is 5.75 Å². The highest BCUT2D eigenvalue weighted by Crippen LogP contribution is 2.35. The Morgan fingerprint density at radius 1 is 1.33 bits per heavy atom. The topological polar surface area (TPSA) is 0 Å². The van der Waals surface area contributed by atoms with Gasteiger partial charge in [0.25, 0.3) is 0 Å². The lowest BCUT2D eigenvalue weighted by Crippen LogP contribution is -1.90. The molecule has 1 fully saturated rings. The Morgan fingerprint density at radius 3 is 2.67 bits per heavy atom. The van der Waals surface area contributed by atoms with Gasteiger partial charge >= 0.3 is 0 Å². The van der Waals surface area contributed by atoms with Gasteiger partial charge in [-0.15, -0.1) is 0 Å². The molecule has 1 saturated heterocycles. The summed E-state index contributed by atoms with van der Waals surface area (Å²) < 4.78 is 0.755. The van der Waals surface area contributed by atoms with Gasteiger partial charge in [0.15, 0.2) is 4.58 Å². The zero-order chi connectivity index (χ0) is 8.39. The summed E-state index contributed by atoms with van der Waals surface area (Å²) in [4.78, 5) is 0. The van der Waals surface area contributed by atoms with E-state index < -0.39 is 0 Å². The largest absolute Gasteiger partial charge is 0.186 e. The number of thioether (sulfide) groups is 1. The van der Waals surface area contributed by atoms with E-state index in [9.17, 15) is 0 Å². The van der Waals surface area contributed by atoms with E-state index in [-0.39, 0.29) is 0 Å². The Kier molecular flexibility index (Phi) is 2.66. The first kappa shape index (κ1) is 8.52. The molecule has 0 bridgehead atoms. The molecule has 1 heterocycles. The Morgan fingerprint density at radius 2 is 2.08 bits per heavy atom. The number of aryl methyl sites for hydroxylation is 1. The first-order valence-corrected chi connectivity index (χ1v) is 6.41. The minimum Gasteiger partial charge on any atom is -0.0958 e. The van der Waals surface area contributed by atoms with Crippen molar-refractivity contribution < 1.29 is 0 Å². The van der Waals surface area contributed by atoms with Gasteiger partial charge in [-0.05, 0) is 18.7 Å². The average molecular weight is 197 g/mol. The van der Waals surface area contributed by atoms with Crippen LogP contribution in [0.25, 0.3) is 0 Å². The van der Waals surface area contributed by atoms with Gasteiger partial charge in [0.05, 0.1) is 0 Å². The molecule has 0 aromatic heterocycles. The van der Waals surface area contributed by atoms with Crippen LogP contribution >= 0.6 is 11.8 Å². The fourth-order valence-corrected chi connectivity index (χ4v) is 4.41. The molecule has 0 amide bonds. The van der Waals surface area contributed by atoms with Crippen molar-refractivity contribution in [1.29, 1.82) is 0 Å². The van der Waals surface area contributed by atoms with E-state index in [1.54, 1.807) is 11.8 Å². The third-order valence-corrected chi connectivity index (χ3v) is 5.36. The van der Waals surface area contributed by atoms with Crippen molar-refractivity contribution in [2.24, 2.45) is 0 Å². The Bertz CT molecular complexity index is 247. The van der Waals surface area contributed by atoms with E-state index in [1.165, 1.54) is 22.6 Å². The van der Waals surface area contributed by atoms with Gasteiger partial charge in [0, 0.05) is 11.3 Å². The third-order valence-electron chi connectivity index (χ3n) is 2.02. The van der Waals surface area contributed by atoms with Gasteiger partial charge in [0.2, 0.25) is 0 Å². The van der Waals surface area contributed by atoms with Crippen LogP contribution in [0.1, 0.15) is 15.7 Å². The second-order valence-electron chi connectivity index (χ2n) is 3.04. The van der Waals surface area contributed by atoms with Crippen molar-refractivity contribution in [3.05, 3.63) is 35.4 Å². The van der Waals surface area contributed by atoms with Crippen LogP contribution in [0, 0.1) is 6.92 Å². The molecular weight excluding hydrogens is 184 g/mol. The summed E-state index contributed by atoms with van der Waals surface area (Å²) in [6.45, 7) is 2.14. The molecule has 0 N–H and O–H groups in total. The number of benzene rings is 1. The fraction of sp³-hybridized carbons (Fsp3) is 0.400. The van der Waals surface area contributed by atoms with Gasteiger partial charge in [-0.3, -0.25) is 0 Å². The summed E-state index contributed by atoms with van der Waals surface area (Å²) in [5, 5.41) is 0. The van der Waals surface area contributed by atoms with Crippen LogP contribution in [0.3, 0.4) is 0 Å². The highest BCUT2D eigenvalue weighted by atomic mass is 32.2. The van der Waals surface area contributed by atoms with Crippen LogP contribution in [0.15, 0.2) is 24.3 Å². The van der Waals surface area contributed by atoms with Crippen molar-refractivity contribution in [1.82, 2.24) is 0 Å². The fourth-order valence-electron chi connectivity index (χ4n) is 1.32. The quantitative estimate of drug-likeness (QED) is 0.492. The molecule has 1 atom stereocenters. The van der Waals surface area contributed by atoms with Crippen molar-refractivity contribution in [3.63, 3.8) is 0 Å². The van der Waals surface area contributed by atoms with Crippen LogP contribution < -0.4 is 0 Å². The smallest absolute Gasteiger partial charge is 0.0958 e. The Balaban J connectivity index is 2.17. The maximum absolute atomic E-state index is 2.27. The van der Waals surface area contributed by atoms with E-state index in [2.05, 4.69) is 43.0 Å². The van der Waals surface area contributed by atoms with Crippen molar-refractivity contribution in [3.8, 4) is 0 Å². The number of hydrogen-bond acceptors (Lipinski definition) is 1. The molecule has 12 heavy (non-hydrogen) atoms. The van der Waals surface area contributed by atoms with Crippen molar-refractivity contribution >= 4 is 23.5 Å². The molecule has 1 aliphatic rings. The Labute approximate surface area is 82.1 Å². The van der Waals surface area contributed by atoms with Crippen molar-refractivity contribution in [2.75, 3.05) is 11.5 Å². The third kappa shape index (κ3) is 1.80. The van der Waals surface area contributed by atoms with Crippen LogP contribution in [-0.2, 0) is 11.8 Å². The highest BCUT2D eigenvalue weighted by molar-refractivity contribution is 8.11. The number of rotatable bonds is 1. The lowest BCUT2D eigenvalue weighted by atomic mass is 10.2. The summed E-state index contributed by atoms with van der Waals surface area (Å²) in [5.74, 6) is 2.70. The monoisotopic (exact) mass is 197 g/mol.